The van der Waals surface area contributed by atoms with Gasteiger partial charge >= 0.3 is 0 Å². The lowest BCUT2D eigenvalue weighted by Gasteiger charge is -2.29. The van der Waals surface area contributed by atoms with Gasteiger partial charge in [0, 0.05) is 18.9 Å². The highest BCUT2D eigenvalue weighted by Gasteiger charge is 2.24. The Bertz CT molecular complexity index is 194. The first-order chi connectivity index (χ1) is 6.63. The third-order valence-electron chi connectivity index (χ3n) is 3.03. The molecule has 0 radical (unpaired) electrons. The van der Waals surface area contributed by atoms with Crippen LogP contribution < -0.4 is 5.73 Å². The molecule has 2 atom stereocenters. The molecular weight excluding hydrogens is 176 g/mol. The molecule has 14 heavy (non-hydrogen) atoms. The van der Waals surface area contributed by atoms with Crippen LogP contribution in [0.5, 0.6) is 0 Å². The number of carbonyl (C=O) groups excluding carboxylic acids is 1. The lowest BCUT2D eigenvalue weighted by Crippen LogP contribution is -2.36. The van der Waals surface area contributed by atoms with Gasteiger partial charge in [0.05, 0.1) is 0 Å². The number of hydrogen-bond acceptors (Lipinski definition) is 3. The number of ketones is 1. The van der Waals surface area contributed by atoms with Crippen LogP contribution in [0.4, 0.5) is 0 Å². The van der Waals surface area contributed by atoms with Crippen molar-refractivity contribution in [2.75, 3.05) is 26.7 Å². The Labute approximate surface area is 86.6 Å². The summed E-state index contributed by atoms with van der Waals surface area (Å²) in [5.41, 5.74) is 5.51. The first kappa shape index (κ1) is 11.7. The highest BCUT2D eigenvalue weighted by atomic mass is 16.1. The zero-order chi connectivity index (χ0) is 10.6. The number of carbonyl (C=O) groups is 1. The van der Waals surface area contributed by atoms with Gasteiger partial charge in [-0.15, -0.1) is 0 Å². The van der Waals surface area contributed by atoms with Crippen LogP contribution in [-0.4, -0.2) is 37.4 Å². The van der Waals surface area contributed by atoms with Crippen LogP contribution in [0.25, 0.3) is 0 Å². The van der Waals surface area contributed by atoms with E-state index in [0.29, 0.717) is 24.7 Å². The molecule has 0 bridgehead atoms. The van der Waals surface area contributed by atoms with Gasteiger partial charge < -0.3 is 10.6 Å². The molecule has 3 heteroatoms. The van der Waals surface area contributed by atoms with Crippen LogP contribution in [-0.2, 0) is 4.79 Å². The minimum Gasteiger partial charge on any atom is -0.330 e. The predicted octanol–water partition coefficient (Wildman–Crippen LogP) is 0.882. The molecule has 0 aromatic heterocycles. The van der Waals surface area contributed by atoms with Crippen molar-refractivity contribution >= 4 is 5.78 Å². The van der Waals surface area contributed by atoms with E-state index in [1.807, 2.05) is 6.92 Å². The Morgan fingerprint density at radius 3 is 2.93 bits per heavy atom. The van der Waals surface area contributed by atoms with Gasteiger partial charge in [0.1, 0.15) is 5.78 Å². The first-order valence-corrected chi connectivity index (χ1v) is 5.54. The highest BCUT2D eigenvalue weighted by molar-refractivity contribution is 5.81. The number of piperidine rings is 1. The molecule has 0 amide bonds. The lowest BCUT2D eigenvalue weighted by atomic mass is 9.89. The molecule has 1 heterocycles. The average molecular weight is 198 g/mol. The van der Waals surface area contributed by atoms with Gasteiger partial charge in [-0.1, -0.05) is 6.92 Å². The van der Waals surface area contributed by atoms with E-state index < -0.39 is 0 Å². The molecule has 1 aliphatic rings. The Morgan fingerprint density at radius 2 is 2.36 bits per heavy atom. The molecule has 0 aromatic carbocycles. The third-order valence-corrected chi connectivity index (χ3v) is 3.03. The molecule has 1 aliphatic heterocycles. The van der Waals surface area contributed by atoms with Gasteiger partial charge in [-0.05, 0) is 38.9 Å². The average Bonchev–Trinajstić information content (AvgIpc) is 2.17. The second-order valence-electron chi connectivity index (χ2n) is 4.61. The van der Waals surface area contributed by atoms with E-state index >= 15 is 0 Å². The van der Waals surface area contributed by atoms with Gasteiger partial charge in [-0.2, -0.15) is 0 Å². The van der Waals surface area contributed by atoms with Crippen LogP contribution in [0.3, 0.4) is 0 Å². The minimum absolute atomic E-state index is 0.266. The summed E-state index contributed by atoms with van der Waals surface area (Å²) in [5.74, 6) is 1.02. The van der Waals surface area contributed by atoms with Crippen LogP contribution in [0, 0.1) is 11.8 Å². The Kier molecular flexibility index (Phi) is 4.55. The molecule has 82 valence electrons. The number of rotatable bonds is 4. The monoisotopic (exact) mass is 198 g/mol. The number of likely N-dealkylation sites (tertiary alicyclic amines) is 1. The zero-order valence-corrected chi connectivity index (χ0v) is 9.33. The van der Waals surface area contributed by atoms with Gasteiger partial charge in [0.25, 0.3) is 0 Å². The number of hydrogen-bond donors (Lipinski definition) is 1. The maximum Gasteiger partial charge on any atom is 0.137 e. The molecule has 1 rings (SSSR count). The van der Waals surface area contributed by atoms with Gasteiger partial charge in [-0.3, -0.25) is 4.79 Å². The molecular formula is C11H22N2O. The van der Waals surface area contributed by atoms with Crippen molar-refractivity contribution in [3.05, 3.63) is 0 Å². The summed E-state index contributed by atoms with van der Waals surface area (Å²) in [6.45, 7) is 4.74. The van der Waals surface area contributed by atoms with E-state index in [2.05, 4.69) is 11.9 Å². The summed E-state index contributed by atoms with van der Waals surface area (Å²) < 4.78 is 0. The quantitative estimate of drug-likeness (QED) is 0.729. The van der Waals surface area contributed by atoms with Crippen LogP contribution in [0.15, 0.2) is 0 Å². The van der Waals surface area contributed by atoms with Crippen molar-refractivity contribution in [1.82, 2.24) is 4.90 Å². The fourth-order valence-electron chi connectivity index (χ4n) is 2.02. The van der Waals surface area contributed by atoms with E-state index in [0.717, 1.165) is 25.9 Å². The minimum atomic E-state index is 0.266. The predicted molar refractivity (Wildman–Crippen MR) is 58.1 cm³/mol. The van der Waals surface area contributed by atoms with E-state index in [4.69, 9.17) is 5.73 Å². The lowest BCUT2D eigenvalue weighted by molar-refractivity contribution is -0.125. The van der Waals surface area contributed by atoms with Crippen LogP contribution >= 0.6 is 0 Å². The topological polar surface area (TPSA) is 46.3 Å². The Morgan fingerprint density at radius 1 is 1.64 bits per heavy atom. The number of nitrogens with two attached hydrogens (primary N) is 1. The van der Waals surface area contributed by atoms with Crippen molar-refractivity contribution in [1.29, 1.82) is 0 Å². The molecule has 2 N–H and O–H groups in total. The largest absolute Gasteiger partial charge is 0.330 e. The summed E-state index contributed by atoms with van der Waals surface area (Å²) in [7, 11) is 2.09. The molecule has 0 saturated carbocycles. The summed E-state index contributed by atoms with van der Waals surface area (Å²) in [4.78, 5) is 14.1. The molecule has 3 nitrogen and oxygen atoms in total. The van der Waals surface area contributed by atoms with E-state index in [9.17, 15) is 4.79 Å². The molecule has 1 saturated heterocycles. The number of nitrogens with zero attached hydrogens (tertiary/aromatic N) is 1. The fraction of sp³-hybridized carbons (Fsp3) is 0.909. The molecule has 0 aromatic rings. The Hall–Kier alpha value is -0.410. The fourth-order valence-corrected chi connectivity index (χ4v) is 2.02. The van der Waals surface area contributed by atoms with Crippen molar-refractivity contribution in [3.63, 3.8) is 0 Å². The maximum absolute atomic E-state index is 11.8. The van der Waals surface area contributed by atoms with Crippen molar-refractivity contribution in [2.24, 2.45) is 17.6 Å². The molecule has 1 fully saturated rings. The van der Waals surface area contributed by atoms with Gasteiger partial charge in [0.15, 0.2) is 0 Å². The summed E-state index contributed by atoms with van der Waals surface area (Å²) in [6, 6.07) is 0. The second kappa shape index (κ2) is 5.47. The van der Waals surface area contributed by atoms with E-state index in [1.165, 1.54) is 0 Å². The molecule has 2 unspecified atom stereocenters. The Balaban J connectivity index is 2.36. The second-order valence-corrected chi connectivity index (χ2v) is 4.61. The highest BCUT2D eigenvalue weighted by Crippen LogP contribution is 2.18. The third kappa shape index (κ3) is 3.39. The van der Waals surface area contributed by atoms with E-state index in [1.54, 1.807) is 0 Å². The van der Waals surface area contributed by atoms with Crippen molar-refractivity contribution in [3.8, 4) is 0 Å². The smallest absolute Gasteiger partial charge is 0.137 e. The summed E-state index contributed by atoms with van der Waals surface area (Å²) >= 11 is 0. The van der Waals surface area contributed by atoms with E-state index in [-0.39, 0.29) is 5.92 Å². The molecule has 0 aliphatic carbocycles. The summed E-state index contributed by atoms with van der Waals surface area (Å²) in [5, 5.41) is 0. The van der Waals surface area contributed by atoms with Crippen molar-refractivity contribution in [2.45, 2.75) is 26.2 Å². The van der Waals surface area contributed by atoms with Crippen LogP contribution in [0.1, 0.15) is 26.2 Å². The maximum atomic E-state index is 11.8. The summed E-state index contributed by atoms with van der Waals surface area (Å²) in [6.07, 6.45) is 2.89. The standard InChI is InChI=1S/C11H22N2O/c1-9(7-12)6-11(14)10-4-3-5-13(2)8-10/h9-10H,3-8,12H2,1-2H3. The van der Waals surface area contributed by atoms with Crippen molar-refractivity contribution < 1.29 is 4.79 Å². The first-order valence-electron chi connectivity index (χ1n) is 5.54. The molecule has 0 spiro atoms. The van der Waals surface area contributed by atoms with Gasteiger partial charge in [0.2, 0.25) is 0 Å². The zero-order valence-electron chi connectivity index (χ0n) is 9.33. The SMILES string of the molecule is CC(CN)CC(=O)C1CCCN(C)C1. The van der Waals surface area contributed by atoms with Crippen LogP contribution in [0.2, 0.25) is 0 Å². The van der Waals surface area contributed by atoms with Gasteiger partial charge in [-0.25, -0.2) is 0 Å². The number of Topliss-reactive ketones (excluding diaryl/α,β-unsaturated/α-hetero) is 1. The normalized spacial score (nSPS) is 26.1.